The molecule has 0 saturated carbocycles. The highest BCUT2D eigenvalue weighted by atomic mass is 35.5. The van der Waals surface area contributed by atoms with Gasteiger partial charge in [0, 0.05) is 12.0 Å². The normalized spacial score (nSPS) is 10.8. The van der Waals surface area contributed by atoms with Gasteiger partial charge in [-0.05, 0) is 12.1 Å². The first-order valence-corrected chi connectivity index (χ1v) is 6.86. The zero-order valence-corrected chi connectivity index (χ0v) is 12.7. The molecule has 0 amide bonds. The van der Waals surface area contributed by atoms with Crippen LogP contribution in [0.3, 0.4) is 0 Å². The molecule has 0 radical (unpaired) electrons. The molecule has 1 N–H and O–H groups in total. The summed E-state index contributed by atoms with van der Waals surface area (Å²) in [5.74, 6) is 1.41. The van der Waals surface area contributed by atoms with Gasteiger partial charge in [-0.2, -0.15) is 0 Å². The predicted molar refractivity (Wildman–Crippen MR) is 80.9 cm³/mol. The Morgan fingerprint density at radius 1 is 1.05 bits per heavy atom. The maximum absolute atomic E-state index is 6.10. The number of aromatic nitrogens is 2. The third-order valence-electron chi connectivity index (χ3n) is 2.44. The molecule has 2 aromatic rings. The van der Waals surface area contributed by atoms with Crippen molar-refractivity contribution in [2.45, 2.75) is 19.8 Å². The van der Waals surface area contributed by atoms with Gasteiger partial charge in [0.25, 0.3) is 0 Å². The summed E-state index contributed by atoms with van der Waals surface area (Å²) in [6.45, 7) is 4.00. The number of nitrogens with zero attached hydrogens (tertiary/aromatic N) is 2. The lowest BCUT2D eigenvalue weighted by molar-refractivity contribution is 0.776. The van der Waals surface area contributed by atoms with Crippen LogP contribution < -0.4 is 5.32 Å². The highest BCUT2D eigenvalue weighted by Gasteiger charge is 2.10. The third kappa shape index (κ3) is 3.50. The molecule has 3 nitrogen and oxygen atoms in total. The number of benzene rings is 1. The van der Waals surface area contributed by atoms with Gasteiger partial charge in [0.2, 0.25) is 0 Å². The van der Waals surface area contributed by atoms with E-state index in [4.69, 9.17) is 34.8 Å². The van der Waals surface area contributed by atoms with Crippen LogP contribution in [0.15, 0.2) is 24.3 Å². The van der Waals surface area contributed by atoms with Crippen molar-refractivity contribution in [3.63, 3.8) is 0 Å². The smallest absolute Gasteiger partial charge is 0.135 e. The molecule has 1 heterocycles. The number of rotatable bonds is 3. The van der Waals surface area contributed by atoms with Crippen LogP contribution in [-0.2, 0) is 0 Å². The SMILES string of the molecule is CC(C)c1nc(Cl)cc(Nc2c(Cl)cccc2Cl)n1. The van der Waals surface area contributed by atoms with E-state index in [1.54, 1.807) is 24.3 Å². The summed E-state index contributed by atoms with van der Waals surface area (Å²) in [7, 11) is 0. The minimum Gasteiger partial charge on any atom is -0.338 e. The van der Waals surface area contributed by atoms with E-state index in [1.165, 1.54) is 0 Å². The summed E-state index contributed by atoms with van der Waals surface area (Å²) >= 11 is 18.2. The number of halogens is 3. The minimum atomic E-state index is 0.181. The first-order chi connectivity index (χ1) is 8.97. The highest BCUT2D eigenvalue weighted by Crippen LogP contribution is 2.32. The van der Waals surface area contributed by atoms with Crippen LogP contribution in [0.5, 0.6) is 0 Å². The van der Waals surface area contributed by atoms with Crippen molar-refractivity contribution in [3.8, 4) is 0 Å². The van der Waals surface area contributed by atoms with Crippen molar-refractivity contribution in [2.75, 3.05) is 5.32 Å². The lowest BCUT2D eigenvalue weighted by atomic mass is 10.2. The van der Waals surface area contributed by atoms with Crippen molar-refractivity contribution >= 4 is 46.3 Å². The molecular formula is C13H12Cl3N3. The number of para-hydroxylation sites is 1. The van der Waals surface area contributed by atoms with Crippen LogP contribution in [0.4, 0.5) is 11.5 Å². The third-order valence-corrected chi connectivity index (χ3v) is 3.27. The molecule has 0 aliphatic carbocycles. The summed E-state index contributed by atoms with van der Waals surface area (Å²) in [5.41, 5.74) is 0.607. The van der Waals surface area contributed by atoms with E-state index in [0.717, 1.165) is 0 Å². The number of hydrogen-bond acceptors (Lipinski definition) is 3. The minimum absolute atomic E-state index is 0.181. The van der Waals surface area contributed by atoms with Crippen LogP contribution >= 0.6 is 34.8 Å². The molecule has 19 heavy (non-hydrogen) atoms. The van der Waals surface area contributed by atoms with Gasteiger partial charge < -0.3 is 5.32 Å². The molecule has 0 aliphatic rings. The van der Waals surface area contributed by atoms with Gasteiger partial charge in [0.05, 0.1) is 15.7 Å². The molecule has 0 saturated heterocycles. The molecule has 1 aromatic carbocycles. The quantitative estimate of drug-likeness (QED) is 0.780. The van der Waals surface area contributed by atoms with Gasteiger partial charge in [-0.25, -0.2) is 9.97 Å². The fourth-order valence-corrected chi connectivity index (χ4v) is 2.18. The molecule has 0 fully saturated rings. The summed E-state index contributed by atoms with van der Waals surface area (Å²) in [5, 5.41) is 4.50. The second-order valence-electron chi connectivity index (χ2n) is 4.31. The molecule has 0 spiro atoms. The summed E-state index contributed by atoms with van der Waals surface area (Å²) in [6, 6.07) is 6.92. The average Bonchev–Trinajstić information content (AvgIpc) is 2.33. The van der Waals surface area contributed by atoms with E-state index in [0.29, 0.717) is 32.5 Å². The van der Waals surface area contributed by atoms with Crippen LogP contribution in [0.2, 0.25) is 15.2 Å². The van der Waals surface area contributed by atoms with Gasteiger partial charge in [-0.3, -0.25) is 0 Å². The first kappa shape index (κ1) is 14.4. The van der Waals surface area contributed by atoms with E-state index in [2.05, 4.69) is 15.3 Å². The van der Waals surface area contributed by atoms with E-state index >= 15 is 0 Å². The molecule has 2 rings (SSSR count). The van der Waals surface area contributed by atoms with Crippen LogP contribution in [-0.4, -0.2) is 9.97 Å². The van der Waals surface area contributed by atoms with Crippen LogP contribution in [0.1, 0.15) is 25.6 Å². The van der Waals surface area contributed by atoms with Crippen molar-refractivity contribution < 1.29 is 0 Å². The maximum Gasteiger partial charge on any atom is 0.135 e. The van der Waals surface area contributed by atoms with Gasteiger partial charge in [-0.15, -0.1) is 0 Å². The zero-order chi connectivity index (χ0) is 14.0. The molecule has 0 unspecified atom stereocenters. The van der Waals surface area contributed by atoms with Gasteiger partial charge in [0.1, 0.15) is 16.8 Å². The number of hydrogen-bond donors (Lipinski definition) is 1. The van der Waals surface area contributed by atoms with Crippen LogP contribution in [0.25, 0.3) is 0 Å². The predicted octanol–water partition coefficient (Wildman–Crippen LogP) is 5.30. The van der Waals surface area contributed by atoms with E-state index in [9.17, 15) is 0 Å². The highest BCUT2D eigenvalue weighted by molar-refractivity contribution is 6.39. The van der Waals surface area contributed by atoms with Gasteiger partial charge >= 0.3 is 0 Å². The Kier molecular flexibility index (Phi) is 4.50. The maximum atomic E-state index is 6.10. The van der Waals surface area contributed by atoms with Crippen molar-refractivity contribution in [1.29, 1.82) is 0 Å². The van der Waals surface area contributed by atoms with Crippen LogP contribution in [0, 0.1) is 0 Å². The first-order valence-electron chi connectivity index (χ1n) is 5.73. The lowest BCUT2D eigenvalue weighted by Gasteiger charge is -2.12. The van der Waals surface area contributed by atoms with Crippen molar-refractivity contribution in [1.82, 2.24) is 9.97 Å². The Bertz CT molecular complexity index is 579. The standard InChI is InChI=1S/C13H12Cl3N3/c1-7(2)13-17-10(16)6-11(19-13)18-12-8(14)4-3-5-9(12)15/h3-7H,1-2H3,(H,17,18,19). The van der Waals surface area contributed by atoms with Crippen molar-refractivity contribution in [2.24, 2.45) is 0 Å². The fourth-order valence-electron chi connectivity index (χ4n) is 1.50. The van der Waals surface area contributed by atoms with Gasteiger partial charge in [-0.1, -0.05) is 54.7 Å². The summed E-state index contributed by atoms with van der Waals surface area (Å²) in [4.78, 5) is 8.55. The molecule has 1 aromatic heterocycles. The molecule has 0 atom stereocenters. The van der Waals surface area contributed by atoms with Gasteiger partial charge in [0.15, 0.2) is 0 Å². The van der Waals surface area contributed by atoms with Crippen molar-refractivity contribution in [3.05, 3.63) is 45.3 Å². The van der Waals surface area contributed by atoms with E-state index in [1.807, 2.05) is 13.8 Å². The second kappa shape index (κ2) is 5.95. The lowest BCUT2D eigenvalue weighted by Crippen LogP contribution is -2.02. The molecular weight excluding hydrogens is 305 g/mol. The zero-order valence-electron chi connectivity index (χ0n) is 10.4. The monoisotopic (exact) mass is 315 g/mol. The molecule has 6 heteroatoms. The summed E-state index contributed by atoms with van der Waals surface area (Å²) < 4.78 is 0. The Morgan fingerprint density at radius 3 is 2.26 bits per heavy atom. The number of nitrogens with one attached hydrogen (secondary N) is 1. The van der Waals surface area contributed by atoms with E-state index in [-0.39, 0.29) is 5.92 Å². The Labute approximate surface area is 126 Å². The molecule has 100 valence electrons. The second-order valence-corrected chi connectivity index (χ2v) is 5.51. The Balaban J connectivity index is 2.38. The largest absolute Gasteiger partial charge is 0.338 e. The summed E-state index contributed by atoms with van der Waals surface area (Å²) in [6.07, 6.45) is 0. The molecule has 0 aliphatic heterocycles. The average molecular weight is 317 g/mol. The number of anilines is 2. The topological polar surface area (TPSA) is 37.8 Å². The molecule has 0 bridgehead atoms. The Hall–Kier alpha value is -1.03. The fraction of sp³-hybridized carbons (Fsp3) is 0.231. The van der Waals surface area contributed by atoms with E-state index < -0.39 is 0 Å². The Morgan fingerprint density at radius 2 is 1.68 bits per heavy atom.